The monoisotopic (exact) mass is 322 g/mol. The van der Waals surface area contributed by atoms with E-state index in [-0.39, 0.29) is 0 Å². The Balaban J connectivity index is 1.75. The zero-order valence-electron chi connectivity index (χ0n) is 13.1. The Morgan fingerprint density at radius 2 is 1.78 bits per heavy atom. The molecule has 0 amide bonds. The van der Waals surface area contributed by atoms with Crippen LogP contribution in [0.1, 0.15) is 22.9 Å². The van der Waals surface area contributed by atoms with Gasteiger partial charge in [-0.1, -0.05) is 41.9 Å². The van der Waals surface area contributed by atoms with Crippen molar-refractivity contribution in [1.29, 1.82) is 0 Å². The van der Waals surface area contributed by atoms with Crippen molar-refractivity contribution in [1.82, 2.24) is 9.47 Å². The third-order valence-electron chi connectivity index (χ3n) is 4.67. The van der Waals surface area contributed by atoms with Gasteiger partial charge < -0.3 is 4.57 Å². The molecule has 0 saturated heterocycles. The lowest BCUT2D eigenvalue weighted by atomic mass is 10.0. The van der Waals surface area contributed by atoms with Gasteiger partial charge in [0.25, 0.3) is 0 Å². The average molecular weight is 323 g/mol. The van der Waals surface area contributed by atoms with Crippen LogP contribution in [0.15, 0.2) is 66.9 Å². The summed E-state index contributed by atoms with van der Waals surface area (Å²) >= 11 is 6.02. The number of aromatic nitrogens is 1. The smallest absolute Gasteiger partial charge is 0.0544 e. The number of fused-ring (bicyclic) bond motifs is 3. The second kappa shape index (κ2) is 5.88. The van der Waals surface area contributed by atoms with Crippen LogP contribution in [0.2, 0.25) is 5.02 Å². The quantitative estimate of drug-likeness (QED) is 0.654. The fourth-order valence-corrected chi connectivity index (χ4v) is 3.60. The topological polar surface area (TPSA) is 8.17 Å². The van der Waals surface area contributed by atoms with Gasteiger partial charge in [-0.25, -0.2) is 0 Å². The Morgan fingerprint density at radius 3 is 2.61 bits per heavy atom. The summed E-state index contributed by atoms with van der Waals surface area (Å²) in [5.74, 6) is 0. The molecule has 2 heterocycles. The maximum absolute atomic E-state index is 6.02. The molecule has 1 aliphatic heterocycles. The summed E-state index contributed by atoms with van der Waals surface area (Å²) < 4.78 is 2.33. The maximum atomic E-state index is 6.02. The van der Waals surface area contributed by atoms with Crippen molar-refractivity contribution in [2.75, 3.05) is 7.05 Å². The predicted octanol–water partition coefficient (Wildman–Crippen LogP) is 4.86. The molecular weight excluding hydrogens is 304 g/mol. The van der Waals surface area contributed by atoms with Gasteiger partial charge in [0.05, 0.1) is 6.04 Å². The second-order valence-electron chi connectivity index (χ2n) is 6.19. The van der Waals surface area contributed by atoms with Gasteiger partial charge in [0.2, 0.25) is 0 Å². The van der Waals surface area contributed by atoms with E-state index in [4.69, 9.17) is 11.6 Å². The second-order valence-corrected chi connectivity index (χ2v) is 6.63. The van der Waals surface area contributed by atoms with Gasteiger partial charge in [0.15, 0.2) is 0 Å². The van der Waals surface area contributed by atoms with Crippen molar-refractivity contribution in [3.63, 3.8) is 0 Å². The molecule has 1 unspecified atom stereocenters. The van der Waals surface area contributed by atoms with Crippen LogP contribution in [-0.4, -0.2) is 16.5 Å². The standard InChI is InChI=1S/C20H19ClN2/c1-22-14-16-5-2-3-6-18(16)23-12-4-7-19(23)20(22)13-15-8-10-17(21)11-9-15/h2-12,20H,13-14H2,1H3. The molecule has 3 heteroatoms. The number of rotatable bonds is 2. The highest BCUT2D eigenvalue weighted by Crippen LogP contribution is 2.33. The van der Waals surface area contributed by atoms with Gasteiger partial charge in [-0.15, -0.1) is 0 Å². The number of nitrogens with zero attached hydrogens (tertiary/aromatic N) is 2. The van der Waals surface area contributed by atoms with E-state index in [1.165, 1.54) is 22.5 Å². The van der Waals surface area contributed by atoms with Crippen molar-refractivity contribution in [2.45, 2.75) is 19.0 Å². The minimum atomic E-state index is 0.346. The van der Waals surface area contributed by atoms with Crippen LogP contribution in [0.4, 0.5) is 0 Å². The van der Waals surface area contributed by atoms with Crippen molar-refractivity contribution in [3.8, 4) is 5.69 Å². The molecule has 0 aliphatic carbocycles. The van der Waals surface area contributed by atoms with Gasteiger partial charge in [-0.2, -0.15) is 0 Å². The lowest BCUT2D eigenvalue weighted by Crippen LogP contribution is -2.25. The minimum Gasteiger partial charge on any atom is -0.319 e. The third-order valence-corrected chi connectivity index (χ3v) is 4.92. The highest BCUT2D eigenvalue weighted by atomic mass is 35.5. The molecular formula is C20H19ClN2. The Labute approximate surface area is 141 Å². The van der Waals surface area contributed by atoms with Crippen LogP contribution in [0.3, 0.4) is 0 Å². The van der Waals surface area contributed by atoms with Crippen molar-refractivity contribution < 1.29 is 0 Å². The Bertz CT molecular complexity index is 820. The number of benzene rings is 2. The molecule has 116 valence electrons. The molecule has 23 heavy (non-hydrogen) atoms. The number of para-hydroxylation sites is 1. The molecule has 0 fully saturated rings. The van der Waals surface area contributed by atoms with E-state index in [1.54, 1.807) is 0 Å². The summed E-state index contributed by atoms with van der Waals surface area (Å²) in [7, 11) is 2.21. The fourth-order valence-electron chi connectivity index (χ4n) is 3.47. The molecule has 4 rings (SSSR count). The van der Waals surface area contributed by atoms with Gasteiger partial charge in [0.1, 0.15) is 0 Å². The molecule has 1 aliphatic rings. The fraction of sp³-hybridized carbons (Fsp3) is 0.200. The first kappa shape index (κ1) is 14.6. The van der Waals surface area contributed by atoms with E-state index >= 15 is 0 Å². The zero-order chi connectivity index (χ0) is 15.8. The lowest BCUT2D eigenvalue weighted by Gasteiger charge is -2.26. The van der Waals surface area contributed by atoms with Crippen molar-refractivity contribution in [2.24, 2.45) is 0 Å². The molecule has 2 aromatic carbocycles. The summed E-state index contributed by atoms with van der Waals surface area (Å²) in [5.41, 5.74) is 5.31. The van der Waals surface area contributed by atoms with Crippen LogP contribution in [0, 0.1) is 0 Å². The first-order chi connectivity index (χ1) is 11.2. The van der Waals surface area contributed by atoms with Gasteiger partial charge >= 0.3 is 0 Å². The van der Waals surface area contributed by atoms with Gasteiger partial charge in [-0.3, -0.25) is 4.90 Å². The van der Waals surface area contributed by atoms with Crippen LogP contribution in [-0.2, 0) is 13.0 Å². The lowest BCUT2D eigenvalue weighted by molar-refractivity contribution is 0.234. The molecule has 0 spiro atoms. The Kier molecular flexibility index (Phi) is 3.72. The maximum Gasteiger partial charge on any atom is 0.0544 e. The average Bonchev–Trinajstić information content (AvgIpc) is 3.00. The zero-order valence-corrected chi connectivity index (χ0v) is 13.9. The molecule has 3 aromatic rings. The van der Waals surface area contributed by atoms with E-state index in [2.05, 4.69) is 71.2 Å². The summed E-state index contributed by atoms with van der Waals surface area (Å²) in [6, 6.07) is 21.6. The minimum absolute atomic E-state index is 0.346. The van der Waals surface area contributed by atoms with E-state index < -0.39 is 0 Å². The van der Waals surface area contributed by atoms with E-state index in [9.17, 15) is 0 Å². The number of halogens is 1. The molecule has 0 N–H and O–H groups in total. The van der Waals surface area contributed by atoms with Crippen LogP contribution in [0.5, 0.6) is 0 Å². The summed E-state index contributed by atoms with van der Waals surface area (Å²) in [6.45, 7) is 0.954. The molecule has 0 radical (unpaired) electrons. The number of hydrogen-bond acceptors (Lipinski definition) is 1. The summed E-state index contributed by atoms with van der Waals surface area (Å²) in [6.07, 6.45) is 3.15. The molecule has 0 saturated carbocycles. The normalized spacial score (nSPS) is 17.4. The summed E-state index contributed by atoms with van der Waals surface area (Å²) in [5, 5.41) is 0.791. The number of hydrogen-bond donors (Lipinski definition) is 0. The molecule has 0 bridgehead atoms. The first-order valence-corrected chi connectivity index (χ1v) is 8.30. The van der Waals surface area contributed by atoms with Gasteiger partial charge in [-0.05, 0) is 54.9 Å². The first-order valence-electron chi connectivity index (χ1n) is 7.92. The number of likely N-dealkylation sites (N-methyl/N-ethyl adjacent to an activating group) is 1. The Morgan fingerprint density at radius 1 is 1.00 bits per heavy atom. The van der Waals surface area contributed by atoms with E-state index in [1.807, 2.05) is 12.1 Å². The summed E-state index contributed by atoms with van der Waals surface area (Å²) in [4.78, 5) is 2.44. The highest BCUT2D eigenvalue weighted by molar-refractivity contribution is 6.30. The SMILES string of the molecule is CN1Cc2ccccc2-n2cccc2C1Cc1ccc(Cl)cc1. The van der Waals surface area contributed by atoms with Crippen LogP contribution in [0.25, 0.3) is 5.69 Å². The predicted molar refractivity (Wildman–Crippen MR) is 95.1 cm³/mol. The van der Waals surface area contributed by atoms with Crippen molar-refractivity contribution >= 4 is 11.6 Å². The van der Waals surface area contributed by atoms with E-state index in [0.29, 0.717) is 6.04 Å². The van der Waals surface area contributed by atoms with Gasteiger partial charge in [0, 0.05) is 29.1 Å². The molecule has 1 atom stereocenters. The largest absolute Gasteiger partial charge is 0.319 e. The molecule has 1 aromatic heterocycles. The van der Waals surface area contributed by atoms with Crippen LogP contribution < -0.4 is 0 Å². The van der Waals surface area contributed by atoms with Crippen LogP contribution >= 0.6 is 11.6 Å². The Hall–Kier alpha value is -2.03. The highest BCUT2D eigenvalue weighted by Gasteiger charge is 2.25. The van der Waals surface area contributed by atoms with Crippen molar-refractivity contribution in [3.05, 3.63) is 88.7 Å². The van der Waals surface area contributed by atoms with E-state index in [0.717, 1.165) is 18.0 Å². The molecule has 2 nitrogen and oxygen atoms in total. The third kappa shape index (κ3) is 2.69.